The normalized spacial score (nSPS) is 19.2. The molecule has 0 aromatic heterocycles. The molecule has 0 saturated heterocycles. The molecule has 0 aromatic rings. The summed E-state index contributed by atoms with van der Waals surface area (Å²) in [6.07, 6.45) is 8.64. The maximum Gasteiger partial charge on any atom is 0.125 e. The fourth-order valence-corrected chi connectivity index (χ4v) is 0.787. The second-order valence-corrected chi connectivity index (χ2v) is 1.88. The first-order chi connectivity index (χ1) is 4.97. The van der Waals surface area contributed by atoms with Crippen LogP contribution in [0.2, 0.25) is 0 Å². The number of nitrogens with zero attached hydrogens (tertiary/aromatic N) is 3. The third-order valence-corrected chi connectivity index (χ3v) is 1.23. The Kier molecular flexibility index (Phi) is 1.03. The minimum absolute atomic E-state index is 0.880. The van der Waals surface area contributed by atoms with Gasteiger partial charge >= 0.3 is 0 Å². The molecule has 0 bridgehead atoms. The van der Waals surface area contributed by atoms with Crippen LogP contribution in [0.25, 0.3) is 0 Å². The Labute approximate surface area is 58.4 Å². The monoisotopic (exact) mass is 131 g/mol. The number of hydrogen-bond donors (Lipinski definition) is 0. The molecule has 0 amide bonds. The Morgan fingerprint density at radius 3 is 3.40 bits per heavy atom. The molecule has 2 rings (SSSR count). The zero-order valence-corrected chi connectivity index (χ0v) is 5.23. The van der Waals surface area contributed by atoms with Gasteiger partial charge in [0.25, 0.3) is 0 Å². The third-order valence-electron chi connectivity index (χ3n) is 1.23. The fraction of sp³-hybridized carbons (Fsp3) is 0. The molecular formula is C7H5N3. The molecule has 2 heterocycles. The standard InChI is InChI=1S/C7H5N3/c1-2-7-6-8-4-5-10(7)9-3-1/h1,3-6H. The first-order valence-corrected chi connectivity index (χ1v) is 2.95. The van der Waals surface area contributed by atoms with Gasteiger partial charge in [0, 0.05) is 18.5 Å². The lowest BCUT2D eigenvalue weighted by molar-refractivity contribution is 0.521. The smallest absolute Gasteiger partial charge is 0.125 e. The summed E-state index contributed by atoms with van der Waals surface area (Å²) in [4.78, 5) is 3.92. The minimum Gasteiger partial charge on any atom is -0.260 e. The number of fused-ring (bicyclic) bond motifs is 1. The van der Waals surface area contributed by atoms with Crippen molar-refractivity contribution in [2.45, 2.75) is 0 Å². The summed E-state index contributed by atoms with van der Waals surface area (Å²) in [6, 6.07) is 0. The van der Waals surface area contributed by atoms with E-state index in [1.165, 1.54) is 0 Å². The fourth-order valence-electron chi connectivity index (χ4n) is 0.787. The summed E-state index contributed by atoms with van der Waals surface area (Å²) in [5, 5.41) is 5.74. The Bertz CT molecular complexity index is 290. The molecule has 0 atom stereocenters. The van der Waals surface area contributed by atoms with Crippen LogP contribution < -0.4 is 0 Å². The van der Waals surface area contributed by atoms with Crippen molar-refractivity contribution < 1.29 is 0 Å². The third kappa shape index (κ3) is 0.694. The number of allylic oxidation sites excluding steroid dienone is 1. The molecule has 2 aliphatic heterocycles. The van der Waals surface area contributed by atoms with E-state index in [4.69, 9.17) is 0 Å². The summed E-state index contributed by atoms with van der Waals surface area (Å²) in [6.45, 7) is 0. The van der Waals surface area contributed by atoms with Crippen molar-refractivity contribution in [3.8, 4) is 0 Å². The molecule has 0 spiro atoms. The van der Waals surface area contributed by atoms with Crippen LogP contribution in [-0.2, 0) is 0 Å². The molecule has 0 N–H and O–H groups in total. The average molecular weight is 131 g/mol. The molecular weight excluding hydrogens is 126 g/mol. The molecule has 3 nitrogen and oxygen atoms in total. The van der Waals surface area contributed by atoms with Crippen LogP contribution in [0.3, 0.4) is 0 Å². The van der Waals surface area contributed by atoms with Crippen LogP contribution in [0, 0.1) is 0 Å². The Morgan fingerprint density at radius 1 is 1.50 bits per heavy atom. The highest BCUT2D eigenvalue weighted by molar-refractivity contribution is 5.83. The van der Waals surface area contributed by atoms with Crippen molar-refractivity contribution >= 4 is 12.4 Å². The molecule has 3 heteroatoms. The van der Waals surface area contributed by atoms with E-state index in [1.54, 1.807) is 35.9 Å². The van der Waals surface area contributed by atoms with Crippen LogP contribution in [0.5, 0.6) is 0 Å². The topological polar surface area (TPSA) is 28.0 Å². The van der Waals surface area contributed by atoms with E-state index >= 15 is 0 Å². The maximum atomic E-state index is 4.03. The predicted molar refractivity (Wildman–Crippen MR) is 39.6 cm³/mol. The second-order valence-electron chi connectivity index (χ2n) is 1.88. The molecule has 0 fully saturated rings. The molecule has 2 aliphatic rings. The van der Waals surface area contributed by atoms with Gasteiger partial charge in [-0.05, 0) is 0 Å². The lowest BCUT2D eigenvalue weighted by Gasteiger charge is -2.15. The van der Waals surface area contributed by atoms with E-state index in [1.807, 2.05) is 0 Å². The highest BCUT2D eigenvalue weighted by atomic mass is 15.5. The lowest BCUT2D eigenvalue weighted by Crippen LogP contribution is -2.13. The van der Waals surface area contributed by atoms with Crippen molar-refractivity contribution in [2.75, 3.05) is 0 Å². The summed E-state index contributed by atoms with van der Waals surface area (Å²) in [5.74, 6) is 0. The van der Waals surface area contributed by atoms with Crippen LogP contribution in [-0.4, -0.2) is 17.4 Å². The van der Waals surface area contributed by atoms with Gasteiger partial charge in [-0.2, -0.15) is 5.10 Å². The Morgan fingerprint density at radius 2 is 2.50 bits per heavy atom. The number of aliphatic imine (C=N–C) groups is 1. The average Bonchev–Trinajstić information content (AvgIpc) is 2.05. The van der Waals surface area contributed by atoms with Crippen molar-refractivity contribution in [1.82, 2.24) is 5.01 Å². The van der Waals surface area contributed by atoms with Crippen molar-refractivity contribution in [3.63, 3.8) is 0 Å². The van der Waals surface area contributed by atoms with Gasteiger partial charge in [0.2, 0.25) is 0 Å². The van der Waals surface area contributed by atoms with Gasteiger partial charge in [-0.15, -0.1) is 0 Å². The lowest BCUT2D eigenvalue weighted by atomic mass is 10.4. The molecule has 0 aromatic carbocycles. The quantitative estimate of drug-likeness (QED) is 0.448. The number of hydrazone groups is 1. The van der Waals surface area contributed by atoms with Gasteiger partial charge in [0.1, 0.15) is 5.70 Å². The van der Waals surface area contributed by atoms with E-state index in [9.17, 15) is 0 Å². The van der Waals surface area contributed by atoms with Crippen LogP contribution in [0.15, 0.2) is 40.0 Å². The first kappa shape index (κ1) is 5.21. The maximum absolute atomic E-state index is 4.03. The first-order valence-electron chi connectivity index (χ1n) is 2.95. The zero-order chi connectivity index (χ0) is 6.81. The highest BCUT2D eigenvalue weighted by Gasteiger charge is 2.04. The predicted octanol–water partition coefficient (Wildman–Crippen LogP) is 0.882. The molecule has 0 saturated carbocycles. The molecule has 0 aliphatic carbocycles. The van der Waals surface area contributed by atoms with Crippen LogP contribution in [0.1, 0.15) is 0 Å². The van der Waals surface area contributed by atoms with Crippen molar-refractivity contribution in [1.29, 1.82) is 0 Å². The largest absolute Gasteiger partial charge is 0.260 e. The van der Waals surface area contributed by atoms with Gasteiger partial charge in [-0.1, -0.05) is 5.73 Å². The summed E-state index contributed by atoms with van der Waals surface area (Å²) in [7, 11) is 0. The summed E-state index contributed by atoms with van der Waals surface area (Å²) < 4.78 is 0. The van der Waals surface area contributed by atoms with Gasteiger partial charge < -0.3 is 0 Å². The van der Waals surface area contributed by atoms with Gasteiger partial charge in [0.05, 0.1) is 12.4 Å². The van der Waals surface area contributed by atoms with Crippen molar-refractivity contribution in [2.24, 2.45) is 10.1 Å². The Hall–Kier alpha value is -1.60. The molecule has 10 heavy (non-hydrogen) atoms. The van der Waals surface area contributed by atoms with E-state index in [0.29, 0.717) is 0 Å². The van der Waals surface area contributed by atoms with Crippen LogP contribution >= 0.6 is 0 Å². The van der Waals surface area contributed by atoms with E-state index in [2.05, 4.69) is 15.8 Å². The summed E-state index contributed by atoms with van der Waals surface area (Å²) in [5.41, 5.74) is 3.87. The highest BCUT2D eigenvalue weighted by Crippen LogP contribution is 2.08. The second kappa shape index (κ2) is 1.97. The van der Waals surface area contributed by atoms with E-state index in [-0.39, 0.29) is 0 Å². The van der Waals surface area contributed by atoms with Gasteiger partial charge in [-0.3, -0.25) is 4.99 Å². The molecule has 48 valence electrons. The van der Waals surface area contributed by atoms with E-state index in [0.717, 1.165) is 5.70 Å². The SMILES string of the molecule is C1=CC=NN2C=CN=CC=12. The molecule has 0 unspecified atom stereocenters. The summed E-state index contributed by atoms with van der Waals surface area (Å²) >= 11 is 0. The molecule has 0 radical (unpaired) electrons. The zero-order valence-electron chi connectivity index (χ0n) is 5.23. The Balaban J connectivity index is 2.49. The van der Waals surface area contributed by atoms with Crippen LogP contribution in [0.4, 0.5) is 0 Å². The van der Waals surface area contributed by atoms with Crippen molar-refractivity contribution in [3.05, 3.63) is 29.9 Å². The van der Waals surface area contributed by atoms with Gasteiger partial charge in [-0.25, -0.2) is 5.01 Å². The van der Waals surface area contributed by atoms with E-state index < -0.39 is 0 Å². The number of hydrogen-bond acceptors (Lipinski definition) is 3. The minimum atomic E-state index is 0.880. The number of rotatable bonds is 0. The van der Waals surface area contributed by atoms with Gasteiger partial charge in [0.15, 0.2) is 0 Å².